The highest BCUT2D eigenvalue weighted by Gasteiger charge is 2.13. The first kappa shape index (κ1) is 14.5. The number of amides is 1. The molecule has 0 heterocycles. The minimum atomic E-state index is -0.0564. The average molecular weight is 250 g/mol. The fourth-order valence-corrected chi connectivity index (χ4v) is 1.68. The Morgan fingerprint density at radius 3 is 2.78 bits per heavy atom. The van der Waals surface area contributed by atoms with Gasteiger partial charge in [-0.25, -0.2) is 0 Å². The summed E-state index contributed by atoms with van der Waals surface area (Å²) in [4.78, 5) is 13.3. The molecule has 1 aromatic carbocycles. The van der Waals surface area contributed by atoms with Crippen LogP contribution in [-0.4, -0.2) is 36.1 Å². The Kier molecular flexibility index (Phi) is 5.16. The molecule has 0 aliphatic carbocycles. The number of phenols is 1. The lowest BCUT2D eigenvalue weighted by atomic mass is 10.0. The number of likely N-dealkylation sites (N-methyl/N-ethyl adjacent to an activating group) is 1. The number of aryl methyl sites for hydroxylation is 1. The lowest BCUT2D eigenvalue weighted by Gasteiger charge is -2.19. The zero-order chi connectivity index (χ0) is 13.7. The van der Waals surface area contributed by atoms with Gasteiger partial charge >= 0.3 is 0 Å². The van der Waals surface area contributed by atoms with Crippen molar-refractivity contribution in [2.24, 2.45) is 0 Å². The van der Waals surface area contributed by atoms with Crippen LogP contribution in [0.3, 0.4) is 0 Å². The number of aromatic hydroxyl groups is 1. The fourth-order valence-electron chi connectivity index (χ4n) is 1.68. The smallest absolute Gasteiger partial charge is 0.236 e. The van der Waals surface area contributed by atoms with Crippen molar-refractivity contribution < 1.29 is 9.90 Å². The first-order valence-corrected chi connectivity index (χ1v) is 6.22. The van der Waals surface area contributed by atoms with Crippen LogP contribution < -0.4 is 5.32 Å². The molecule has 2 N–H and O–H groups in total. The second-order valence-corrected chi connectivity index (χ2v) is 4.57. The molecule has 0 fully saturated rings. The van der Waals surface area contributed by atoms with Crippen LogP contribution in [0, 0.1) is 6.92 Å². The zero-order valence-electron chi connectivity index (χ0n) is 11.5. The minimum Gasteiger partial charge on any atom is -0.508 e. The van der Waals surface area contributed by atoms with Gasteiger partial charge in [0.1, 0.15) is 5.75 Å². The summed E-state index contributed by atoms with van der Waals surface area (Å²) in [7, 11) is 1.78. The Bertz CT molecular complexity index is 418. The lowest BCUT2D eigenvalue weighted by Crippen LogP contribution is -2.36. The van der Waals surface area contributed by atoms with Gasteiger partial charge in [0.05, 0.1) is 6.54 Å². The third-order valence-corrected chi connectivity index (χ3v) is 3.11. The first-order chi connectivity index (χ1) is 8.45. The van der Waals surface area contributed by atoms with Gasteiger partial charge in [0.2, 0.25) is 5.91 Å². The van der Waals surface area contributed by atoms with Crippen LogP contribution in [0.2, 0.25) is 0 Å². The Labute approximate surface area is 109 Å². The van der Waals surface area contributed by atoms with Gasteiger partial charge in [-0.2, -0.15) is 0 Å². The number of phenolic OH excluding ortho intramolecular Hbond substituents is 1. The SMILES string of the molecule is CCN(C)C(=O)CNC(C)c1cc(C)ccc1O. The van der Waals surface area contributed by atoms with E-state index in [0.717, 1.165) is 11.1 Å². The largest absolute Gasteiger partial charge is 0.508 e. The number of hydrogen-bond donors (Lipinski definition) is 2. The Morgan fingerprint density at radius 2 is 2.17 bits per heavy atom. The van der Waals surface area contributed by atoms with Crippen LogP contribution in [-0.2, 0) is 4.79 Å². The molecule has 4 heteroatoms. The van der Waals surface area contributed by atoms with Crippen molar-refractivity contribution >= 4 is 5.91 Å². The third kappa shape index (κ3) is 3.74. The van der Waals surface area contributed by atoms with Crippen molar-refractivity contribution in [3.8, 4) is 5.75 Å². The molecule has 1 atom stereocenters. The number of carbonyl (C=O) groups is 1. The number of rotatable bonds is 5. The summed E-state index contributed by atoms with van der Waals surface area (Å²) in [5.74, 6) is 0.313. The van der Waals surface area contributed by atoms with Gasteiger partial charge in [-0.1, -0.05) is 17.7 Å². The van der Waals surface area contributed by atoms with E-state index in [9.17, 15) is 9.90 Å². The van der Waals surface area contributed by atoms with E-state index < -0.39 is 0 Å². The van der Waals surface area contributed by atoms with Gasteiger partial charge in [-0.3, -0.25) is 4.79 Å². The van der Waals surface area contributed by atoms with Gasteiger partial charge in [0.25, 0.3) is 0 Å². The van der Waals surface area contributed by atoms with Crippen molar-refractivity contribution in [3.05, 3.63) is 29.3 Å². The monoisotopic (exact) mass is 250 g/mol. The van der Waals surface area contributed by atoms with Gasteiger partial charge in [0.15, 0.2) is 0 Å². The molecule has 100 valence electrons. The van der Waals surface area contributed by atoms with Crippen LogP contribution in [0.15, 0.2) is 18.2 Å². The highest BCUT2D eigenvalue weighted by atomic mass is 16.3. The van der Waals surface area contributed by atoms with Crippen molar-refractivity contribution in [1.82, 2.24) is 10.2 Å². The molecule has 0 aromatic heterocycles. The van der Waals surface area contributed by atoms with Gasteiger partial charge < -0.3 is 15.3 Å². The minimum absolute atomic E-state index is 0.0523. The third-order valence-electron chi connectivity index (χ3n) is 3.11. The van der Waals surface area contributed by atoms with Crippen LogP contribution in [0.5, 0.6) is 5.75 Å². The predicted molar refractivity (Wildman–Crippen MR) is 72.6 cm³/mol. The summed E-state index contributed by atoms with van der Waals surface area (Å²) < 4.78 is 0. The van der Waals surface area contributed by atoms with Gasteiger partial charge in [-0.15, -0.1) is 0 Å². The van der Waals surface area contributed by atoms with Crippen molar-refractivity contribution in [1.29, 1.82) is 0 Å². The molecular formula is C14H22N2O2. The summed E-state index contributed by atoms with van der Waals surface area (Å²) in [6, 6.07) is 5.42. The molecule has 1 unspecified atom stereocenters. The Morgan fingerprint density at radius 1 is 1.50 bits per heavy atom. The second kappa shape index (κ2) is 6.40. The first-order valence-electron chi connectivity index (χ1n) is 6.22. The van der Waals surface area contributed by atoms with E-state index in [4.69, 9.17) is 0 Å². The van der Waals surface area contributed by atoms with E-state index in [-0.39, 0.29) is 24.2 Å². The van der Waals surface area contributed by atoms with E-state index in [1.807, 2.05) is 32.9 Å². The van der Waals surface area contributed by atoms with Crippen molar-refractivity contribution in [2.45, 2.75) is 26.8 Å². The number of nitrogens with one attached hydrogen (secondary N) is 1. The lowest BCUT2D eigenvalue weighted by molar-refractivity contribution is -0.128. The number of carbonyl (C=O) groups excluding carboxylic acids is 1. The summed E-state index contributed by atoms with van der Waals surface area (Å²) >= 11 is 0. The molecule has 0 saturated carbocycles. The quantitative estimate of drug-likeness (QED) is 0.838. The fraction of sp³-hybridized carbons (Fsp3) is 0.500. The summed E-state index contributed by atoms with van der Waals surface area (Å²) in [6.45, 7) is 6.83. The molecule has 1 aromatic rings. The molecule has 0 bridgehead atoms. The number of hydrogen-bond acceptors (Lipinski definition) is 3. The zero-order valence-corrected chi connectivity index (χ0v) is 11.5. The Hall–Kier alpha value is -1.55. The maximum atomic E-state index is 11.7. The normalized spacial score (nSPS) is 12.2. The topological polar surface area (TPSA) is 52.6 Å². The van der Waals surface area contributed by atoms with E-state index in [1.165, 1.54) is 0 Å². The number of nitrogens with zero attached hydrogens (tertiary/aromatic N) is 1. The van der Waals surface area contributed by atoms with Crippen LogP contribution in [0.1, 0.15) is 31.0 Å². The maximum Gasteiger partial charge on any atom is 0.236 e. The van der Waals surface area contributed by atoms with E-state index in [0.29, 0.717) is 6.54 Å². The second-order valence-electron chi connectivity index (χ2n) is 4.57. The maximum absolute atomic E-state index is 11.7. The molecule has 0 spiro atoms. The van der Waals surface area contributed by atoms with Gasteiger partial charge in [-0.05, 0) is 26.8 Å². The molecule has 18 heavy (non-hydrogen) atoms. The van der Waals surface area contributed by atoms with Gasteiger partial charge in [0, 0.05) is 25.2 Å². The summed E-state index contributed by atoms with van der Waals surface area (Å²) in [5, 5.41) is 12.9. The molecule has 0 aliphatic rings. The summed E-state index contributed by atoms with van der Waals surface area (Å²) in [5.41, 5.74) is 1.91. The molecule has 0 saturated heterocycles. The van der Waals surface area contributed by atoms with Crippen molar-refractivity contribution in [2.75, 3.05) is 20.1 Å². The van der Waals surface area contributed by atoms with Crippen molar-refractivity contribution in [3.63, 3.8) is 0 Å². The molecule has 4 nitrogen and oxygen atoms in total. The summed E-state index contributed by atoms with van der Waals surface area (Å²) in [6.07, 6.45) is 0. The standard InChI is InChI=1S/C14H22N2O2/c1-5-16(4)14(18)9-15-11(3)12-8-10(2)6-7-13(12)17/h6-8,11,15,17H,5,9H2,1-4H3. The molecule has 0 radical (unpaired) electrons. The van der Waals surface area contributed by atoms with Crippen LogP contribution >= 0.6 is 0 Å². The molecule has 1 amide bonds. The highest BCUT2D eigenvalue weighted by Crippen LogP contribution is 2.24. The average Bonchev–Trinajstić information content (AvgIpc) is 2.37. The van der Waals surface area contributed by atoms with Crippen LogP contribution in [0.4, 0.5) is 0 Å². The predicted octanol–water partition coefficient (Wildman–Crippen LogP) is 1.83. The number of benzene rings is 1. The Balaban J connectivity index is 2.63. The van der Waals surface area contributed by atoms with E-state index >= 15 is 0 Å². The molecule has 0 aliphatic heterocycles. The van der Waals surface area contributed by atoms with E-state index in [2.05, 4.69) is 5.32 Å². The molecular weight excluding hydrogens is 228 g/mol. The molecule has 1 rings (SSSR count). The highest BCUT2D eigenvalue weighted by molar-refractivity contribution is 5.77. The van der Waals surface area contributed by atoms with Crippen LogP contribution in [0.25, 0.3) is 0 Å². The van der Waals surface area contributed by atoms with E-state index in [1.54, 1.807) is 18.0 Å².